The smallest absolute Gasteiger partial charge is 0.408 e. The maximum absolute atomic E-state index is 13.3. The van der Waals surface area contributed by atoms with E-state index in [1.165, 1.54) is 62.8 Å². The molecule has 0 spiro atoms. The van der Waals surface area contributed by atoms with E-state index in [2.05, 4.69) is 15.1 Å². The van der Waals surface area contributed by atoms with E-state index in [1.807, 2.05) is 98.8 Å². The Morgan fingerprint density at radius 3 is 1.38 bits per heavy atom. The van der Waals surface area contributed by atoms with E-state index in [9.17, 15) is 135 Å². The van der Waals surface area contributed by atoms with Crippen LogP contribution in [0, 0.1) is 17.8 Å². The van der Waals surface area contributed by atoms with Gasteiger partial charge in [-0.25, -0.2) is 24.0 Å². The maximum atomic E-state index is 13.3. The van der Waals surface area contributed by atoms with Crippen LogP contribution in [0.5, 0.6) is 103 Å². The Bertz CT molecular complexity index is 5620. The molecule has 3 aliphatic rings. The number of phenolic OH excluding ortho intramolecular Hbond substituents is 16. The molecule has 38 heteroatoms. The van der Waals surface area contributed by atoms with Crippen molar-refractivity contribution in [1.82, 2.24) is 15.1 Å². The minimum atomic E-state index is -2.28. The lowest BCUT2D eigenvalue weighted by Crippen LogP contribution is -2.58. The van der Waals surface area contributed by atoms with Gasteiger partial charge in [-0.3, -0.25) is 9.59 Å². The number of ketones is 1. The molecule has 2 aliphatic heterocycles. The molecule has 133 heavy (non-hydrogen) atoms. The van der Waals surface area contributed by atoms with E-state index >= 15 is 0 Å². The highest BCUT2D eigenvalue weighted by atomic mass is 16.6. The Labute approximate surface area is 758 Å². The second-order valence-corrected chi connectivity index (χ2v) is 32.0. The van der Waals surface area contributed by atoms with Gasteiger partial charge in [-0.1, -0.05) is 93.4 Å². The second kappa shape index (κ2) is 46.9. The zero-order valence-electron chi connectivity index (χ0n) is 71.9. The first-order valence-corrected chi connectivity index (χ1v) is 42.1. The van der Waals surface area contributed by atoms with Crippen molar-refractivity contribution in [3.05, 3.63) is 213 Å². The van der Waals surface area contributed by atoms with E-state index in [4.69, 9.17) is 37.6 Å². The van der Waals surface area contributed by atoms with Crippen LogP contribution in [0.1, 0.15) is 118 Å². The number of nitrogens with one attached hydrogen (secondary N) is 1. The number of piperidine rings is 2. The summed E-state index contributed by atoms with van der Waals surface area (Å²) < 4.78 is 43.8. The lowest BCUT2D eigenvalue weighted by molar-refractivity contribution is -0.168. The number of aliphatic hydroxyl groups is 3. The van der Waals surface area contributed by atoms with Crippen LogP contribution in [-0.2, 0) is 46.3 Å². The van der Waals surface area contributed by atoms with E-state index in [-0.39, 0.29) is 77.7 Å². The van der Waals surface area contributed by atoms with Crippen LogP contribution in [-0.4, -0.2) is 251 Å². The van der Waals surface area contributed by atoms with E-state index in [0.29, 0.717) is 73.0 Å². The molecule has 1 aromatic heterocycles. The minimum Gasteiger partial charge on any atom is -0.508 e. The van der Waals surface area contributed by atoms with Crippen LogP contribution < -0.4 is 20.2 Å². The van der Waals surface area contributed by atoms with Gasteiger partial charge in [0.25, 0.3) is 0 Å². The molecule has 9 atom stereocenters. The number of aromatic hydroxyl groups is 16. The van der Waals surface area contributed by atoms with Crippen LogP contribution in [0.15, 0.2) is 179 Å². The highest BCUT2D eigenvalue weighted by molar-refractivity contribution is 5.94. The van der Waals surface area contributed by atoms with Gasteiger partial charge in [0.15, 0.2) is 97.8 Å². The molecule has 10 aromatic rings. The number of Topliss-reactive ketones (excluding diaryl/α,β-unsaturated/α-hetero) is 1. The number of hydrogen-bond donors (Lipinski definition) is 20. The number of aldehydes is 1. The summed E-state index contributed by atoms with van der Waals surface area (Å²) in [5, 5.41) is 191. The van der Waals surface area contributed by atoms with Gasteiger partial charge in [0.2, 0.25) is 0 Å². The van der Waals surface area contributed by atoms with Gasteiger partial charge in [0.1, 0.15) is 96.4 Å². The molecule has 4 unspecified atom stereocenters. The second-order valence-electron chi connectivity index (χ2n) is 32.0. The highest BCUT2D eigenvalue weighted by Gasteiger charge is 2.51. The normalized spacial score (nSPS) is 16.9. The fourth-order valence-corrected chi connectivity index (χ4v) is 14.7. The van der Waals surface area contributed by atoms with E-state index < -0.39 is 194 Å². The van der Waals surface area contributed by atoms with Gasteiger partial charge in [-0.05, 0) is 161 Å². The number of amides is 1. The third-order valence-corrected chi connectivity index (χ3v) is 21.5. The summed E-state index contributed by atoms with van der Waals surface area (Å²) in [5.74, 6) is -19.1. The van der Waals surface area contributed by atoms with Crippen molar-refractivity contribution >= 4 is 53.0 Å². The molecule has 38 nitrogen and oxygen atoms in total. The molecule has 9 aromatic carbocycles. The summed E-state index contributed by atoms with van der Waals surface area (Å²) in [5.41, 5.74) is -0.590. The number of carbonyl (C=O) groups excluding carboxylic acids is 7. The van der Waals surface area contributed by atoms with Crippen molar-refractivity contribution in [2.24, 2.45) is 17.8 Å². The van der Waals surface area contributed by atoms with Gasteiger partial charge in [-0.15, -0.1) is 0 Å². The first-order valence-electron chi connectivity index (χ1n) is 42.1. The zero-order chi connectivity index (χ0) is 96.4. The summed E-state index contributed by atoms with van der Waals surface area (Å²) in [7, 11) is 0. The summed E-state index contributed by atoms with van der Waals surface area (Å²) in [6.45, 7) is 9.14. The van der Waals surface area contributed by atoms with Gasteiger partial charge >= 0.3 is 30.0 Å². The average Bonchev–Trinajstić information content (AvgIpc) is 0.778. The fourth-order valence-electron chi connectivity index (χ4n) is 14.7. The van der Waals surface area contributed by atoms with Crippen molar-refractivity contribution in [2.45, 2.75) is 121 Å². The molecule has 20 N–H and O–H groups in total. The Hall–Kier alpha value is -15.1. The van der Waals surface area contributed by atoms with Crippen molar-refractivity contribution in [3.8, 4) is 115 Å². The predicted octanol–water partition coefficient (Wildman–Crippen LogP) is 9.74. The minimum absolute atomic E-state index is 0.0163. The average molecular weight is 1850 g/mol. The number of hydrogen-bond acceptors (Lipinski definition) is 37. The molecular formula is C95H103N3O35. The van der Waals surface area contributed by atoms with Crippen LogP contribution in [0.3, 0.4) is 0 Å². The van der Waals surface area contributed by atoms with Crippen molar-refractivity contribution in [2.75, 3.05) is 59.1 Å². The van der Waals surface area contributed by atoms with Gasteiger partial charge < -0.3 is 155 Å². The quantitative estimate of drug-likeness (QED) is 0.00861. The number of nitrogens with zero attached hydrogens (tertiary/aromatic N) is 2. The Morgan fingerprint density at radius 2 is 0.925 bits per heavy atom. The topological polar surface area (TPSA) is 617 Å². The lowest BCUT2D eigenvalue weighted by atomic mass is 9.80. The number of rotatable bonds is 30. The third kappa shape index (κ3) is 28.2. The largest absolute Gasteiger partial charge is 0.508 e. The van der Waals surface area contributed by atoms with E-state index in [0.717, 1.165) is 67.9 Å². The van der Waals surface area contributed by atoms with Crippen molar-refractivity contribution in [1.29, 1.82) is 0 Å². The first kappa shape index (κ1) is 100. The monoisotopic (exact) mass is 1850 g/mol. The summed E-state index contributed by atoms with van der Waals surface area (Å²) in [4.78, 5) is 106. The number of fused-ring (bicyclic) bond motifs is 1. The van der Waals surface area contributed by atoms with Gasteiger partial charge in [-0.2, -0.15) is 0 Å². The number of aliphatic hydroxyl groups excluding tert-OH is 3. The molecule has 1 aliphatic carbocycles. The number of esters is 4. The zero-order valence-corrected chi connectivity index (χ0v) is 71.9. The summed E-state index contributed by atoms with van der Waals surface area (Å²) >= 11 is 0. The highest BCUT2D eigenvalue weighted by Crippen LogP contribution is 2.43. The van der Waals surface area contributed by atoms with Crippen LogP contribution in [0.4, 0.5) is 4.79 Å². The standard InChI is InChI=1S/C35H30O21.C23H27NO4.C22H36N2O4.C15H10O6/c36-16-1-11(2-17(37)25(16)44)32(49)53-10-15-9-24(54-33(50)12-3-18(38)26(45)19(39)4-12)31(56-35(52)14-7-22(42)28(47)23(43)8-14)29(48)30(15)55-34(51)13-5-20(40)27(46)21(41)6-13;1-17(2)22(24-23(27)28-16-19-11-7-4-8-12-19)21(26)14-20(15-25)13-18-9-5-3-6-10-18;25-19(15-23-10-3-1-4-11-23)17-27-21-8-7-9-22(14-21)28-18-20(26)16-24-12-5-2-6-13-24;16-8-4-11(19)15-12(20)6-13(21-14(15)5-8)7-1-2-9(17)10(18)3-7/h1-8,15,24,29-31,36-48H,9-10H2;3-12,15,17,20,22H,13-14,16H2,1-2H3,(H,24,27);7-9,14,19-20,25-26H,1-6,10-13,15-18H2;1-6,16-19H/t15?,24?,29-,30+,31+;20-,22+;;/m01../s1. The van der Waals surface area contributed by atoms with Crippen LogP contribution in [0.25, 0.3) is 22.3 Å². The molecule has 3 heterocycles. The number of likely N-dealkylation sites (tertiary alicyclic amines) is 2. The molecule has 1 amide bonds. The molecule has 708 valence electrons. The molecule has 2 saturated heterocycles. The van der Waals surface area contributed by atoms with Crippen molar-refractivity contribution < 1.29 is 168 Å². The third-order valence-electron chi connectivity index (χ3n) is 21.5. The fraction of sp³-hybridized carbons (Fsp3) is 0.326. The molecular weight excluding hydrogens is 1740 g/mol. The Kier molecular flexibility index (Phi) is 35.3. The molecule has 13 rings (SSSR count). The van der Waals surface area contributed by atoms with Gasteiger partial charge in [0, 0.05) is 61.2 Å². The molecule has 0 bridgehead atoms. The van der Waals surface area contributed by atoms with Crippen LogP contribution in [0.2, 0.25) is 0 Å². The first-order chi connectivity index (χ1) is 63.4. The molecule has 1 saturated carbocycles. The maximum Gasteiger partial charge on any atom is 0.408 e. The number of benzene rings is 9. The lowest BCUT2D eigenvalue weighted by Gasteiger charge is -2.42. The summed E-state index contributed by atoms with van der Waals surface area (Å²) in [6, 6.07) is 38.4. The number of phenols is 16. The predicted molar refractivity (Wildman–Crippen MR) is 470 cm³/mol. The SMILES string of the molecule is CC(C)[C@H](NC(=O)OCc1ccccc1)C(=O)C[C@H](C=O)Cc1ccccc1.O=C(OCC1CC(OC(=O)c2cc(O)c(O)c(O)c2)[C@@H](OC(=O)c2cc(O)c(O)c(O)c2)[C@@H](O)[C@@H]1OC(=O)c1cc(O)c(O)c(O)c1)c1cc(O)c(O)c(O)c1.O=c1cc(-c2ccc(O)c(O)c2)oc2cc(O)cc(O)c12.OC(COc1cccc(OCC(O)CN2CCCCC2)c1)CN1CCCCC1. The number of β-amino-alcohol motifs (C(OH)–C–C–N with tert-alkyl or cyclic N) is 2. The Balaban J connectivity index is 0.000000200. The molecule has 0 radical (unpaired) electrons. The number of carbonyl (C=O) groups is 7. The van der Waals surface area contributed by atoms with Gasteiger partial charge in [0.05, 0.1) is 34.9 Å². The van der Waals surface area contributed by atoms with Crippen LogP contribution >= 0.6 is 0 Å². The van der Waals surface area contributed by atoms with Crippen molar-refractivity contribution in [3.63, 3.8) is 0 Å². The molecule has 3 fully saturated rings. The van der Waals surface area contributed by atoms with E-state index in [1.54, 1.807) is 0 Å². The number of alkyl carbamates (subject to hydrolysis) is 1. The summed E-state index contributed by atoms with van der Waals surface area (Å²) in [6.07, 6.45) is -1.55. The number of ether oxygens (including phenoxy) is 7. The Morgan fingerprint density at radius 1 is 0.474 bits per heavy atom.